The molecule has 1 N–H and O–H groups in total. The molecule has 3 aromatic carbocycles. The topological polar surface area (TPSA) is 86.6 Å². The van der Waals surface area contributed by atoms with E-state index in [0.29, 0.717) is 39.0 Å². The van der Waals surface area contributed by atoms with E-state index in [1.54, 1.807) is 79.0 Å². The molecule has 0 aliphatic rings. The molecule has 2 aromatic heterocycles. The summed E-state index contributed by atoms with van der Waals surface area (Å²) in [6, 6.07) is 24.4. The second kappa shape index (κ2) is 8.01. The molecule has 7 heteroatoms. The van der Waals surface area contributed by atoms with Crippen molar-refractivity contribution in [3.05, 3.63) is 103 Å². The van der Waals surface area contributed by atoms with Gasteiger partial charge in [-0.25, -0.2) is 17.8 Å². The number of nitrogens with one attached hydrogen (secondary N) is 1. The van der Waals surface area contributed by atoms with E-state index in [0.717, 1.165) is 0 Å². The van der Waals surface area contributed by atoms with E-state index in [1.807, 2.05) is 0 Å². The predicted molar refractivity (Wildman–Crippen MR) is 124 cm³/mol. The highest BCUT2D eigenvalue weighted by atomic mass is 32.2. The Hall–Kier alpha value is -4.28. The zero-order valence-electron chi connectivity index (χ0n) is 17.2. The van der Waals surface area contributed by atoms with E-state index < -0.39 is 15.7 Å². The predicted octanol–water partition coefficient (Wildman–Crippen LogP) is 5.74. The van der Waals surface area contributed by atoms with Crippen molar-refractivity contribution in [1.82, 2.24) is 9.97 Å². The fourth-order valence-corrected chi connectivity index (χ4v) is 5.49. The van der Waals surface area contributed by atoms with Crippen molar-refractivity contribution in [3.8, 4) is 28.5 Å². The molecular formula is C26H16FN3O2S. The summed E-state index contributed by atoms with van der Waals surface area (Å²) in [5.74, 6) is -0.404. The highest BCUT2D eigenvalue weighted by Crippen LogP contribution is 2.41. The van der Waals surface area contributed by atoms with Gasteiger partial charge in [-0.1, -0.05) is 30.3 Å². The van der Waals surface area contributed by atoms with Crippen molar-refractivity contribution < 1.29 is 12.8 Å². The minimum absolute atomic E-state index is 0.0766. The number of nitrogens with zero attached hydrogens (tertiary/aromatic N) is 2. The Morgan fingerprint density at radius 1 is 0.848 bits per heavy atom. The third-order valence-electron chi connectivity index (χ3n) is 5.39. The number of nitriles is 1. The average Bonchev–Trinajstić information content (AvgIpc) is 3.32. The molecule has 5 aromatic rings. The van der Waals surface area contributed by atoms with Crippen LogP contribution in [0, 0.1) is 17.1 Å². The number of benzene rings is 3. The molecule has 0 radical (unpaired) electrons. The van der Waals surface area contributed by atoms with Gasteiger partial charge in [0.25, 0.3) is 0 Å². The Morgan fingerprint density at radius 2 is 1.52 bits per heavy atom. The van der Waals surface area contributed by atoms with Gasteiger partial charge >= 0.3 is 0 Å². The van der Waals surface area contributed by atoms with Gasteiger partial charge in [0.15, 0.2) is 0 Å². The number of hydrogen-bond acceptors (Lipinski definition) is 4. The van der Waals surface area contributed by atoms with Crippen molar-refractivity contribution in [1.29, 1.82) is 5.26 Å². The molecule has 0 bridgehead atoms. The van der Waals surface area contributed by atoms with Gasteiger partial charge in [0, 0.05) is 17.3 Å². The molecule has 0 aliphatic carbocycles. The van der Waals surface area contributed by atoms with Crippen LogP contribution in [-0.2, 0) is 9.84 Å². The van der Waals surface area contributed by atoms with Crippen molar-refractivity contribution in [2.75, 3.05) is 0 Å². The summed E-state index contributed by atoms with van der Waals surface area (Å²) < 4.78 is 41.5. The number of H-pyrrole nitrogens is 1. The van der Waals surface area contributed by atoms with Gasteiger partial charge in [0.2, 0.25) is 9.84 Å². The third-order valence-corrected chi connectivity index (χ3v) is 7.23. The summed E-state index contributed by atoms with van der Waals surface area (Å²) in [5.41, 5.74) is 3.23. The molecule has 0 saturated carbocycles. The summed E-state index contributed by atoms with van der Waals surface area (Å²) in [5, 5.41) is 9.20. The maximum Gasteiger partial charge on any atom is 0.209 e. The number of pyridine rings is 1. The van der Waals surface area contributed by atoms with Crippen LogP contribution in [0.1, 0.15) is 5.56 Å². The van der Waals surface area contributed by atoms with E-state index >= 15 is 0 Å². The lowest BCUT2D eigenvalue weighted by Gasteiger charge is -2.17. The summed E-state index contributed by atoms with van der Waals surface area (Å²) in [6.07, 6.45) is 1.64. The molecule has 0 atom stereocenters. The number of aromatic amines is 1. The minimum Gasteiger partial charge on any atom is -0.359 e. The fourth-order valence-electron chi connectivity index (χ4n) is 3.83. The van der Waals surface area contributed by atoms with Crippen LogP contribution in [0.4, 0.5) is 4.39 Å². The molecule has 0 aliphatic heterocycles. The average molecular weight is 453 g/mol. The maximum absolute atomic E-state index is 13.9. The first-order valence-electron chi connectivity index (χ1n) is 10.1. The maximum atomic E-state index is 13.9. The van der Waals surface area contributed by atoms with Crippen LogP contribution in [0.15, 0.2) is 101 Å². The number of aromatic nitrogens is 2. The molecular weight excluding hydrogens is 437 g/mol. The first-order valence-corrected chi connectivity index (χ1v) is 11.5. The SMILES string of the molecule is N#Cc1ccc(-c2c(-c3ccc(F)cc3)nc3cc[nH]c3c2S(=O)(=O)c2ccccc2)cc1. The van der Waals surface area contributed by atoms with Crippen molar-refractivity contribution in [3.63, 3.8) is 0 Å². The molecule has 0 fully saturated rings. The van der Waals surface area contributed by atoms with Gasteiger partial charge in [-0.05, 0) is 60.2 Å². The molecule has 0 spiro atoms. The van der Waals surface area contributed by atoms with E-state index in [1.165, 1.54) is 12.1 Å². The Bertz CT molecular complexity index is 1620. The van der Waals surface area contributed by atoms with Crippen LogP contribution in [0.5, 0.6) is 0 Å². The van der Waals surface area contributed by atoms with Gasteiger partial charge in [-0.2, -0.15) is 5.26 Å². The zero-order chi connectivity index (χ0) is 23.0. The first-order chi connectivity index (χ1) is 16.0. The third kappa shape index (κ3) is 3.56. The minimum atomic E-state index is -3.98. The molecule has 160 valence electrons. The highest BCUT2D eigenvalue weighted by Gasteiger charge is 2.29. The van der Waals surface area contributed by atoms with Crippen LogP contribution in [-0.4, -0.2) is 18.4 Å². The number of halogens is 1. The van der Waals surface area contributed by atoms with Gasteiger partial charge < -0.3 is 4.98 Å². The monoisotopic (exact) mass is 453 g/mol. The lowest BCUT2D eigenvalue weighted by molar-refractivity contribution is 0.597. The van der Waals surface area contributed by atoms with E-state index in [2.05, 4.69) is 11.1 Å². The Balaban J connectivity index is 1.93. The first kappa shape index (κ1) is 20.6. The number of hydrogen-bond donors (Lipinski definition) is 1. The number of fused-ring (bicyclic) bond motifs is 1. The van der Waals surface area contributed by atoms with Crippen LogP contribution < -0.4 is 0 Å². The molecule has 2 heterocycles. The number of sulfone groups is 1. The summed E-state index contributed by atoms with van der Waals surface area (Å²) in [7, 11) is -3.98. The second-order valence-electron chi connectivity index (χ2n) is 7.41. The Morgan fingerprint density at radius 3 is 2.18 bits per heavy atom. The molecule has 0 amide bonds. The quantitative estimate of drug-likeness (QED) is 0.376. The lowest BCUT2D eigenvalue weighted by Crippen LogP contribution is -2.07. The van der Waals surface area contributed by atoms with Crippen LogP contribution in [0.2, 0.25) is 0 Å². The standard InChI is InChI=1S/C26H16FN3O2S/c27-20-12-10-19(11-13-20)24-23(18-8-6-17(16-28)7-9-18)26(25-22(30-24)14-15-29-25)33(31,32)21-4-2-1-3-5-21/h1-15,29H. The van der Waals surface area contributed by atoms with Crippen molar-refractivity contribution >= 4 is 20.9 Å². The molecule has 0 unspecified atom stereocenters. The van der Waals surface area contributed by atoms with Gasteiger partial charge in [-0.15, -0.1) is 0 Å². The van der Waals surface area contributed by atoms with E-state index in [9.17, 15) is 18.1 Å². The second-order valence-corrected chi connectivity index (χ2v) is 9.30. The zero-order valence-corrected chi connectivity index (χ0v) is 18.0. The van der Waals surface area contributed by atoms with E-state index in [-0.39, 0.29) is 9.79 Å². The van der Waals surface area contributed by atoms with Crippen LogP contribution >= 0.6 is 0 Å². The normalized spacial score (nSPS) is 11.4. The van der Waals surface area contributed by atoms with Crippen molar-refractivity contribution in [2.45, 2.75) is 9.79 Å². The molecule has 5 nitrogen and oxygen atoms in total. The molecule has 0 saturated heterocycles. The van der Waals surface area contributed by atoms with Crippen molar-refractivity contribution in [2.24, 2.45) is 0 Å². The fraction of sp³-hybridized carbons (Fsp3) is 0. The summed E-state index contributed by atoms with van der Waals surface area (Å²) in [4.78, 5) is 7.99. The van der Waals surface area contributed by atoms with Crippen LogP contribution in [0.3, 0.4) is 0 Å². The van der Waals surface area contributed by atoms with E-state index in [4.69, 9.17) is 4.98 Å². The van der Waals surface area contributed by atoms with Gasteiger partial charge in [0.1, 0.15) is 10.7 Å². The Kier molecular flexibility index (Phi) is 5.00. The van der Waals surface area contributed by atoms with Crippen LogP contribution in [0.25, 0.3) is 33.4 Å². The summed E-state index contributed by atoms with van der Waals surface area (Å²) in [6.45, 7) is 0. The Labute approximate surface area is 189 Å². The largest absolute Gasteiger partial charge is 0.359 e. The van der Waals surface area contributed by atoms with Gasteiger partial charge in [0.05, 0.1) is 33.3 Å². The lowest BCUT2D eigenvalue weighted by atomic mass is 9.97. The summed E-state index contributed by atoms with van der Waals surface area (Å²) >= 11 is 0. The smallest absolute Gasteiger partial charge is 0.209 e. The molecule has 33 heavy (non-hydrogen) atoms. The molecule has 5 rings (SSSR count). The number of rotatable bonds is 4. The highest BCUT2D eigenvalue weighted by molar-refractivity contribution is 7.91. The van der Waals surface area contributed by atoms with Gasteiger partial charge in [-0.3, -0.25) is 0 Å².